The van der Waals surface area contributed by atoms with Crippen LogP contribution in [0.15, 0.2) is 60.7 Å². The fraction of sp³-hybridized carbons (Fsp3) is 0.118. The lowest BCUT2D eigenvalue weighted by Gasteiger charge is -2.12. The van der Waals surface area contributed by atoms with Crippen LogP contribution in [0.25, 0.3) is 6.08 Å². The number of carbonyl (C=O) groups is 1. The second kappa shape index (κ2) is 6.92. The molecule has 0 saturated heterocycles. The fourth-order valence-electron chi connectivity index (χ4n) is 1.86. The highest BCUT2D eigenvalue weighted by Crippen LogP contribution is 2.16. The van der Waals surface area contributed by atoms with Crippen LogP contribution in [0.5, 0.6) is 0 Å². The van der Waals surface area contributed by atoms with E-state index in [-0.39, 0.29) is 11.9 Å². The van der Waals surface area contributed by atoms with Crippen LogP contribution in [0.3, 0.4) is 0 Å². The molecule has 0 fully saturated rings. The number of benzene rings is 2. The third kappa shape index (κ3) is 3.97. The van der Waals surface area contributed by atoms with Gasteiger partial charge < -0.3 is 5.32 Å². The third-order valence-corrected chi connectivity index (χ3v) is 3.32. The van der Waals surface area contributed by atoms with Gasteiger partial charge in [0.15, 0.2) is 0 Å². The quantitative estimate of drug-likeness (QED) is 0.837. The summed E-state index contributed by atoms with van der Waals surface area (Å²) in [5.41, 5.74) is 1.91. The van der Waals surface area contributed by atoms with E-state index in [2.05, 4.69) is 5.32 Å². The van der Waals surface area contributed by atoms with Crippen LogP contribution in [0.4, 0.5) is 0 Å². The minimum absolute atomic E-state index is 0.0282. The van der Waals surface area contributed by atoms with Gasteiger partial charge in [-0.2, -0.15) is 0 Å². The lowest BCUT2D eigenvalue weighted by atomic mass is 10.1. The summed E-state index contributed by atoms with van der Waals surface area (Å²) in [5.74, 6) is -0.138. The molecule has 0 heterocycles. The molecule has 0 aliphatic carbocycles. The molecule has 3 heteroatoms. The van der Waals surface area contributed by atoms with Gasteiger partial charge in [0.2, 0.25) is 5.91 Å². The van der Waals surface area contributed by atoms with Gasteiger partial charge in [-0.15, -0.1) is 0 Å². The predicted molar refractivity (Wildman–Crippen MR) is 83.5 cm³/mol. The SMILES string of the molecule is C[C@H](NC(=O)/C=C\c1ccccc1Cl)c1ccccc1. The Hall–Kier alpha value is -2.06. The molecule has 2 rings (SSSR count). The van der Waals surface area contributed by atoms with Crippen LogP contribution in [0.1, 0.15) is 24.1 Å². The van der Waals surface area contributed by atoms with E-state index in [1.807, 2.05) is 55.5 Å². The van der Waals surface area contributed by atoms with Crippen LogP contribution in [-0.4, -0.2) is 5.91 Å². The summed E-state index contributed by atoms with van der Waals surface area (Å²) >= 11 is 6.03. The second-order valence-corrected chi connectivity index (χ2v) is 4.90. The van der Waals surface area contributed by atoms with Crippen molar-refractivity contribution in [1.82, 2.24) is 5.32 Å². The van der Waals surface area contributed by atoms with Crippen LogP contribution in [0.2, 0.25) is 5.02 Å². The average molecular weight is 286 g/mol. The number of hydrogen-bond donors (Lipinski definition) is 1. The molecule has 2 nitrogen and oxygen atoms in total. The van der Waals surface area contributed by atoms with Crippen molar-refractivity contribution in [1.29, 1.82) is 0 Å². The number of halogens is 1. The van der Waals surface area contributed by atoms with Crippen molar-refractivity contribution in [2.75, 3.05) is 0 Å². The van der Waals surface area contributed by atoms with Gasteiger partial charge in [-0.1, -0.05) is 60.1 Å². The molecule has 102 valence electrons. The lowest BCUT2D eigenvalue weighted by molar-refractivity contribution is -0.117. The molecule has 2 aromatic carbocycles. The van der Waals surface area contributed by atoms with Gasteiger partial charge >= 0.3 is 0 Å². The average Bonchev–Trinajstić information content (AvgIpc) is 2.47. The molecule has 20 heavy (non-hydrogen) atoms. The maximum Gasteiger partial charge on any atom is 0.244 e. The van der Waals surface area contributed by atoms with Crippen LogP contribution >= 0.6 is 11.6 Å². The van der Waals surface area contributed by atoms with Crippen molar-refractivity contribution in [3.8, 4) is 0 Å². The smallest absolute Gasteiger partial charge is 0.244 e. The number of amides is 1. The van der Waals surface area contributed by atoms with Crippen molar-refractivity contribution in [3.63, 3.8) is 0 Å². The van der Waals surface area contributed by atoms with E-state index in [1.165, 1.54) is 6.08 Å². The molecule has 1 amide bonds. The molecule has 0 saturated carbocycles. The Bertz CT molecular complexity index is 607. The third-order valence-electron chi connectivity index (χ3n) is 2.98. The van der Waals surface area contributed by atoms with Crippen molar-refractivity contribution < 1.29 is 4.79 Å². The van der Waals surface area contributed by atoms with E-state index in [9.17, 15) is 4.79 Å². The number of nitrogens with one attached hydrogen (secondary N) is 1. The molecule has 0 aliphatic heterocycles. The Morgan fingerprint density at radius 3 is 2.45 bits per heavy atom. The molecule has 1 atom stereocenters. The van der Waals surface area contributed by atoms with Crippen LogP contribution in [-0.2, 0) is 4.79 Å². The van der Waals surface area contributed by atoms with Gasteiger partial charge in [0.05, 0.1) is 6.04 Å². The molecule has 1 N–H and O–H groups in total. The Morgan fingerprint density at radius 1 is 1.10 bits per heavy atom. The highest BCUT2D eigenvalue weighted by Gasteiger charge is 2.06. The van der Waals surface area contributed by atoms with Crippen LogP contribution in [0, 0.1) is 0 Å². The zero-order valence-corrected chi connectivity index (χ0v) is 12.0. The zero-order valence-electron chi connectivity index (χ0n) is 11.2. The van der Waals surface area contributed by atoms with Gasteiger partial charge in [-0.3, -0.25) is 4.79 Å². The summed E-state index contributed by atoms with van der Waals surface area (Å²) in [4.78, 5) is 11.9. The molecule has 0 radical (unpaired) electrons. The minimum Gasteiger partial charge on any atom is -0.346 e. The van der Waals surface area contributed by atoms with Gasteiger partial charge in [-0.25, -0.2) is 0 Å². The van der Waals surface area contributed by atoms with Crippen molar-refractivity contribution in [2.45, 2.75) is 13.0 Å². The number of rotatable bonds is 4. The highest BCUT2D eigenvalue weighted by atomic mass is 35.5. The monoisotopic (exact) mass is 285 g/mol. The van der Waals surface area contributed by atoms with E-state index in [4.69, 9.17) is 11.6 Å². The summed E-state index contributed by atoms with van der Waals surface area (Å²) in [6, 6.07) is 17.2. The first-order chi connectivity index (χ1) is 9.66. The molecule has 0 aromatic heterocycles. The van der Waals surface area contributed by atoms with Crippen molar-refractivity contribution >= 4 is 23.6 Å². The minimum atomic E-state index is -0.138. The standard InChI is InChI=1S/C17H16ClNO/c1-13(14-7-3-2-4-8-14)19-17(20)12-11-15-9-5-6-10-16(15)18/h2-13H,1H3,(H,19,20)/b12-11-/t13-/m0/s1. The van der Waals surface area contributed by atoms with E-state index >= 15 is 0 Å². The summed E-state index contributed by atoms with van der Waals surface area (Å²) in [6.45, 7) is 1.95. The van der Waals surface area contributed by atoms with E-state index in [1.54, 1.807) is 12.1 Å². The summed E-state index contributed by atoms with van der Waals surface area (Å²) < 4.78 is 0. The summed E-state index contributed by atoms with van der Waals surface area (Å²) in [7, 11) is 0. The van der Waals surface area contributed by atoms with Gasteiger partial charge in [0.1, 0.15) is 0 Å². The maximum atomic E-state index is 11.9. The molecular formula is C17H16ClNO. The van der Waals surface area contributed by atoms with Gasteiger partial charge in [0.25, 0.3) is 0 Å². The fourth-order valence-corrected chi connectivity index (χ4v) is 2.06. The Kier molecular flexibility index (Phi) is 4.97. The van der Waals surface area contributed by atoms with Gasteiger partial charge in [-0.05, 0) is 30.2 Å². The second-order valence-electron chi connectivity index (χ2n) is 4.50. The highest BCUT2D eigenvalue weighted by molar-refractivity contribution is 6.32. The molecule has 0 bridgehead atoms. The normalized spacial score (nSPS) is 12.3. The molecular weight excluding hydrogens is 270 g/mol. The number of carbonyl (C=O) groups excluding carboxylic acids is 1. The first kappa shape index (κ1) is 14.4. The number of hydrogen-bond acceptors (Lipinski definition) is 1. The predicted octanol–water partition coefficient (Wildman–Crippen LogP) is 4.23. The largest absolute Gasteiger partial charge is 0.346 e. The molecule has 2 aromatic rings. The topological polar surface area (TPSA) is 29.1 Å². The molecule has 0 unspecified atom stereocenters. The molecule has 0 spiro atoms. The van der Waals surface area contributed by atoms with Crippen molar-refractivity contribution in [2.24, 2.45) is 0 Å². The Balaban J connectivity index is 1.98. The Morgan fingerprint density at radius 2 is 1.75 bits per heavy atom. The maximum absolute atomic E-state index is 11.9. The van der Waals surface area contributed by atoms with E-state index in [0.29, 0.717) is 5.02 Å². The van der Waals surface area contributed by atoms with E-state index < -0.39 is 0 Å². The van der Waals surface area contributed by atoms with Crippen molar-refractivity contribution in [3.05, 3.63) is 76.8 Å². The zero-order chi connectivity index (χ0) is 14.4. The van der Waals surface area contributed by atoms with Gasteiger partial charge in [0, 0.05) is 11.1 Å². The Labute approximate surface area is 124 Å². The molecule has 0 aliphatic rings. The lowest BCUT2D eigenvalue weighted by Crippen LogP contribution is -2.24. The van der Waals surface area contributed by atoms with E-state index in [0.717, 1.165) is 11.1 Å². The first-order valence-corrected chi connectivity index (χ1v) is 6.82. The first-order valence-electron chi connectivity index (χ1n) is 6.45. The summed E-state index contributed by atoms with van der Waals surface area (Å²) in [6.07, 6.45) is 3.22. The summed E-state index contributed by atoms with van der Waals surface area (Å²) in [5, 5.41) is 3.55. The van der Waals surface area contributed by atoms with Crippen LogP contribution < -0.4 is 5.32 Å².